The molecule has 0 aromatic carbocycles. The zero-order valence-corrected chi connectivity index (χ0v) is 45.4. The number of aliphatic hydroxyl groups excluding tert-OH is 2. The first kappa shape index (κ1) is 65.6. The van der Waals surface area contributed by atoms with E-state index < -0.39 is 12.1 Å². The van der Waals surface area contributed by atoms with Crippen molar-refractivity contribution in [2.24, 2.45) is 0 Å². The summed E-state index contributed by atoms with van der Waals surface area (Å²) in [5.74, 6) is -0.0586. The van der Waals surface area contributed by atoms with Crippen LogP contribution in [0.25, 0.3) is 0 Å². The van der Waals surface area contributed by atoms with Gasteiger partial charge in [0.05, 0.1) is 25.4 Å². The molecule has 0 heterocycles. The molecule has 0 aliphatic rings. The molecular formula is C61H119NO5. The predicted molar refractivity (Wildman–Crippen MR) is 292 cm³/mol. The first-order valence-corrected chi connectivity index (χ1v) is 30.5. The standard InChI is InChI=1S/C61H119NO5/c1-3-5-7-9-11-13-15-16-17-18-19-21-24-27-30-34-37-41-45-49-53-59(64)58(57-63)62-60(65)54-50-46-42-38-35-31-28-25-22-20-23-26-29-32-36-40-44-48-52-56-67-61(66)55-51-47-43-39-33-14-12-10-8-6-4-2/h49,53,58-59,63-64H,3-48,50-52,54-57H2,1-2H3,(H,62,65)/b53-49+. The van der Waals surface area contributed by atoms with Crippen LogP contribution in [0.4, 0.5) is 0 Å². The lowest BCUT2D eigenvalue weighted by Crippen LogP contribution is -2.45. The Balaban J connectivity index is 3.43. The van der Waals surface area contributed by atoms with Crippen LogP contribution >= 0.6 is 0 Å². The number of carbonyl (C=O) groups excluding carboxylic acids is 2. The molecule has 3 N–H and O–H groups in total. The Bertz CT molecular complexity index is 1000. The van der Waals surface area contributed by atoms with E-state index in [0.29, 0.717) is 19.4 Å². The summed E-state index contributed by atoms with van der Waals surface area (Å²) in [6.07, 6.45) is 68.1. The van der Waals surface area contributed by atoms with Crippen molar-refractivity contribution in [3.8, 4) is 0 Å². The second-order valence-corrected chi connectivity index (χ2v) is 21.0. The molecule has 0 aromatic heterocycles. The molecule has 0 radical (unpaired) electrons. The van der Waals surface area contributed by atoms with Gasteiger partial charge >= 0.3 is 5.97 Å². The van der Waals surface area contributed by atoms with Gasteiger partial charge in [-0.2, -0.15) is 0 Å². The Hall–Kier alpha value is -1.40. The van der Waals surface area contributed by atoms with Gasteiger partial charge in [0.15, 0.2) is 0 Å². The maximum absolute atomic E-state index is 12.5. The van der Waals surface area contributed by atoms with Crippen LogP contribution in [0, 0.1) is 0 Å². The molecule has 0 aliphatic heterocycles. The molecule has 6 heteroatoms. The maximum atomic E-state index is 12.5. The smallest absolute Gasteiger partial charge is 0.305 e. The normalized spacial score (nSPS) is 12.6. The summed E-state index contributed by atoms with van der Waals surface area (Å²) in [7, 11) is 0. The van der Waals surface area contributed by atoms with Gasteiger partial charge < -0.3 is 20.3 Å². The van der Waals surface area contributed by atoms with Crippen molar-refractivity contribution in [3.05, 3.63) is 12.2 Å². The molecule has 0 rings (SSSR count). The second-order valence-electron chi connectivity index (χ2n) is 21.0. The third-order valence-corrected chi connectivity index (χ3v) is 14.3. The molecule has 398 valence electrons. The molecule has 0 fully saturated rings. The van der Waals surface area contributed by atoms with Crippen LogP contribution in [-0.4, -0.2) is 47.4 Å². The first-order chi connectivity index (χ1) is 33.0. The van der Waals surface area contributed by atoms with E-state index in [1.807, 2.05) is 6.08 Å². The summed E-state index contributed by atoms with van der Waals surface area (Å²) < 4.78 is 5.46. The number of aliphatic hydroxyl groups is 2. The zero-order chi connectivity index (χ0) is 48.6. The van der Waals surface area contributed by atoms with E-state index in [4.69, 9.17) is 4.74 Å². The van der Waals surface area contributed by atoms with E-state index in [1.165, 1.54) is 276 Å². The topological polar surface area (TPSA) is 95.9 Å². The highest BCUT2D eigenvalue weighted by atomic mass is 16.5. The van der Waals surface area contributed by atoms with Gasteiger partial charge in [0.25, 0.3) is 0 Å². The minimum Gasteiger partial charge on any atom is -0.466 e. The minimum atomic E-state index is -0.846. The second kappa shape index (κ2) is 57.2. The third-order valence-electron chi connectivity index (χ3n) is 14.3. The monoisotopic (exact) mass is 946 g/mol. The van der Waals surface area contributed by atoms with E-state index >= 15 is 0 Å². The van der Waals surface area contributed by atoms with E-state index in [1.54, 1.807) is 6.08 Å². The van der Waals surface area contributed by atoms with Gasteiger partial charge in [-0.15, -0.1) is 0 Å². The number of nitrogens with one attached hydrogen (secondary N) is 1. The van der Waals surface area contributed by atoms with E-state index in [2.05, 4.69) is 19.2 Å². The highest BCUT2D eigenvalue weighted by Gasteiger charge is 2.18. The van der Waals surface area contributed by atoms with Crippen LogP contribution in [0.5, 0.6) is 0 Å². The SMILES string of the molecule is CCCCCCCCCCCCCCCCCCCC/C=C/C(O)C(CO)NC(=O)CCCCCCCCCCCCCCCCCCCCCOC(=O)CCCCCCCCCCCCC. The summed E-state index contributed by atoms with van der Waals surface area (Å²) in [6, 6.07) is -0.630. The molecule has 0 bridgehead atoms. The number of unbranched alkanes of at least 4 members (excludes halogenated alkanes) is 46. The third kappa shape index (κ3) is 53.8. The molecular weight excluding hydrogens is 827 g/mol. The zero-order valence-electron chi connectivity index (χ0n) is 45.4. The average Bonchev–Trinajstić information content (AvgIpc) is 3.33. The van der Waals surface area contributed by atoms with Crippen molar-refractivity contribution in [1.82, 2.24) is 5.32 Å². The number of allylic oxidation sites excluding steroid dienone is 1. The lowest BCUT2D eigenvalue weighted by atomic mass is 10.0. The molecule has 0 saturated heterocycles. The number of esters is 1. The fourth-order valence-electron chi connectivity index (χ4n) is 9.64. The van der Waals surface area contributed by atoms with Crippen LogP contribution in [0.1, 0.15) is 341 Å². The Morgan fingerprint density at radius 1 is 0.403 bits per heavy atom. The Kier molecular flexibility index (Phi) is 56.0. The molecule has 0 spiro atoms. The van der Waals surface area contributed by atoms with Crippen LogP contribution in [0.3, 0.4) is 0 Å². The van der Waals surface area contributed by atoms with Gasteiger partial charge in [0.2, 0.25) is 5.91 Å². The Labute approximate surface area is 419 Å². The van der Waals surface area contributed by atoms with Crippen molar-refractivity contribution in [2.75, 3.05) is 13.2 Å². The number of hydrogen-bond donors (Lipinski definition) is 3. The van der Waals surface area contributed by atoms with Crippen LogP contribution in [0.2, 0.25) is 0 Å². The molecule has 0 saturated carbocycles. The highest BCUT2D eigenvalue weighted by Crippen LogP contribution is 2.18. The van der Waals surface area contributed by atoms with Gasteiger partial charge in [-0.05, 0) is 32.1 Å². The minimum absolute atomic E-state index is 0.00869. The summed E-state index contributed by atoms with van der Waals surface area (Å²) >= 11 is 0. The lowest BCUT2D eigenvalue weighted by Gasteiger charge is -2.20. The summed E-state index contributed by atoms with van der Waals surface area (Å²) in [6.45, 7) is 4.92. The number of ether oxygens (including phenoxy) is 1. The van der Waals surface area contributed by atoms with Gasteiger partial charge in [-0.1, -0.05) is 309 Å². The van der Waals surface area contributed by atoms with Crippen LogP contribution in [0.15, 0.2) is 12.2 Å². The molecule has 2 atom stereocenters. The van der Waals surface area contributed by atoms with Crippen molar-refractivity contribution >= 4 is 11.9 Å². The van der Waals surface area contributed by atoms with Crippen molar-refractivity contribution in [1.29, 1.82) is 0 Å². The van der Waals surface area contributed by atoms with E-state index in [0.717, 1.165) is 38.5 Å². The number of amides is 1. The maximum Gasteiger partial charge on any atom is 0.305 e. The Morgan fingerprint density at radius 3 is 1.01 bits per heavy atom. The summed E-state index contributed by atoms with van der Waals surface area (Å²) in [5, 5.41) is 23.2. The molecule has 2 unspecified atom stereocenters. The average molecular weight is 947 g/mol. The van der Waals surface area contributed by atoms with Crippen molar-refractivity contribution in [2.45, 2.75) is 353 Å². The summed E-state index contributed by atoms with van der Waals surface area (Å²) in [4.78, 5) is 24.5. The van der Waals surface area contributed by atoms with Crippen LogP contribution < -0.4 is 5.32 Å². The highest BCUT2D eigenvalue weighted by molar-refractivity contribution is 5.76. The summed E-state index contributed by atoms with van der Waals surface area (Å²) in [5.41, 5.74) is 0. The fraction of sp³-hybridized carbons (Fsp3) is 0.934. The molecule has 0 aromatic rings. The largest absolute Gasteiger partial charge is 0.466 e. The quantitative estimate of drug-likeness (QED) is 0.0321. The molecule has 67 heavy (non-hydrogen) atoms. The number of carbonyl (C=O) groups is 2. The number of rotatable bonds is 57. The first-order valence-electron chi connectivity index (χ1n) is 30.5. The Morgan fingerprint density at radius 2 is 0.687 bits per heavy atom. The predicted octanol–water partition coefficient (Wildman–Crippen LogP) is 18.9. The van der Waals surface area contributed by atoms with Crippen molar-refractivity contribution in [3.63, 3.8) is 0 Å². The lowest BCUT2D eigenvalue weighted by molar-refractivity contribution is -0.143. The van der Waals surface area contributed by atoms with Gasteiger partial charge in [-0.3, -0.25) is 9.59 Å². The van der Waals surface area contributed by atoms with Gasteiger partial charge in [0.1, 0.15) is 0 Å². The van der Waals surface area contributed by atoms with E-state index in [9.17, 15) is 19.8 Å². The van der Waals surface area contributed by atoms with Crippen molar-refractivity contribution < 1.29 is 24.5 Å². The molecule has 1 amide bonds. The number of hydrogen-bond acceptors (Lipinski definition) is 5. The van der Waals surface area contributed by atoms with Gasteiger partial charge in [-0.25, -0.2) is 0 Å². The fourth-order valence-corrected chi connectivity index (χ4v) is 9.64. The van der Waals surface area contributed by atoms with Crippen LogP contribution in [-0.2, 0) is 14.3 Å². The molecule has 6 nitrogen and oxygen atoms in total. The van der Waals surface area contributed by atoms with E-state index in [-0.39, 0.29) is 18.5 Å². The molecule has 0 aliphatic carbocycles. The van der Waals surface area contributed by atoms with Gasteiger partial charge in [0, 0.05) is 12.8 Å².